The van der Waals surface area contributed by atoms with Crippen LogP contribution < -0.4 is 0 Å². The second kappa shape index (κ2) is 6.02. The molecule has 2 saturated carbocycles. The minimum Gasteiger partial charge on any atom is -0.393 e. The molecule has 2 nitrogen and oxygen atoms in total. The third kappa shape index (κ3) is 3.46. The normalized spacial score (nSPS) is 40.9. The topological polar surface area (TPSA) is 29.5 Å². The number of hydrogen-bond acceptors (Lipinski definition) is 2. The van der Waals surface area contributed by atoms with E-state index in [1.807, 2.05) is 0 Å². The van der Waals surface area contributed by atoms with E-state index in [1.165, 1.54) is 32.1 Å². The van der Waals surface area contributed by atoms with E-state index in [2.05, 4.69) is 6.92 Å². The van der Waals surface area contributed by atoms with Gasteiger partial charge in [-0.1, -0.05) is 26.2 Å². The Morgan fingerprint density at radius 1 is 1.00 bits per heavy atom. The first-order valence-corrected chi connectivity index (χ1v) is 7.11. The maximum absolute atomic E-state index is 9.63. The molecule has 2 fully saturated rings. The Balaban J connectivity index is 1.75. The van der Waals surface area contributed by atoms with Crippen LogP contribution in [0.5, 0.6) is 0 Å². The largest absolute Gasteiger partial charge is 0.393 e. The van der Waals surface area contributed by atoms with E-state index in [4.69, 9.17) is 4.74 Å². The van der Waals surface area contributed by atoms with Gasteiger partial charge in [-0.25, -0.2) is 0 Å². The van der Waals surface area contributed by atoms with Crippen molar-refractivity contribution in [1.29, 1.82) is 0 Å². The third-order valence-electron chi connectivity index (χ3n) is 4.30. The minimum atomic E-state index is -0.107. The van der Waals surface area contributed by atoms with Gasteiger partial charge >= 0.3 is 0 Å². The second-order valence-corrected chi connectivity index (χ2v) is 5.64. The maximum Gasteiger partial charge on any atom is 0.0603 e. The van der Waals surface area contributed by atoms with Gasteiger partial charge in [0.25, 0.3) is 0 Å². The van der Waals surface area contributed by atoms with Gasteiger partial charge in [0.1, 0.15) is 0 Å². The lowest BCUT2D eigenvalue weighted by atomic mass is 9.85. The van der Waals surface area contributed by atoms with Gasteiger partial charge in [-0.15, -0.1) is 0 Å². The predicted octanol–water partition coefficient (Wildman–Crippen LogP) is 3.28. The molecule has 4 atom stereocenters. The molecule has 2 rings (SSSR count). The highest BCUT2D eigenvalue weighted by atomic mass is 16.5. The molecule has 1 N–H and O–H groups in total. The van der Waals surface area contributed by atoms with Gasteiger partial charge in [0, 0.05) is 0 Å². The molecule has 2 heteroatoms. The minimum absolute atomic E-state index is 0.107. The zero-order valence-electron chi connectivity index (χ0n) is 10.5. The Bertz CT molecular complexity index is 205. The summed E-state index contributed by atoms with van der Waals surface area (Å²) in [5.41, 5.74) is 0. The second-order valence-electron chi connectivity index (χ2n) is 5.64. The number of aliphatic hydroxyl groups is 1. The molecule has 0 bridgehead atoms. The molecule has 4 unspecified atom stereocenters. The van der Waals surface area contributed by atoms with Crippen molar-refractivity contribution in [3.8, 4) is 0 Å². The van der Waals surface area contributed by atoms with E-state index >= 15 is 0 Å². The summed E-state index contributed by atoms with van der Waals surface area (Å²) in [5.74, 6) is 0.882. The molecule has 2 aliphatic carbocycles. The van der Waals surface area contributed by atoms with Crippen LogP contribution in [0.3, 0.4) is 0 Å². The molecular formula is C14H26O2. The summed E-state index contributed by atoms with van der Waals surface area (Å²) in [5, 5.41) is 9.63. The van der Waals surface area contributed by atoms with Gasteiger partial charge in [-0.05, 0) is 44.4 Å². The van der Waals surface area contributed by atoms with Gasteiger partial charge in [0.2, 0.25) is 0 Å². The molecule has 16 heavy (non-hydrogen) atoms. The molecule has 0 aliphatic heterocycles. The standard InChI is InChI=1S/C14H26O2/c1-2-11-5-3-7-13(9-11)16-14-8-4-6-12(15)10-14/h11-15H,2-10H2,1H3. The summed E-state index contributed by atoms with van der Waals surface area (Å²) >= 11 is 0. The van der Waals surface area contributed by atoms with Gasteiger partial charge in [-0.3, -0.25) is 0 Å². The quantitative estimate of drug-likeness (QED) is 0.800. The fourth-order valence-corrected chi connectivity index (χ4v) is 3.25. The molecule has 0 aromatic carbocycles. The van der Waals surface area contributed by atoms with Crippen molar-refractivity contribution in [1.82, 2.24) is 0 Å². The van der Waals surface area contributed by atoms with E-state index in [-0.39, 0.29) is 6.10 Å². The number of ether oxygens (including phenoxy) is 1. The lowest BCUT2D eigenvalue weighted by molar-refractivity contribution is -0.0749. The Labute approximate surface area is 99.4 Å². The molecule has 0 heterocycles. The van der Waals surface area contributed by atoms with Crippen LogP contribution in [-0.2, 0) is 4.74 Å². The molecule has 0 spiro atoms. The van der Waals surface area contributed by atoms with Crippen molar-refractivity contribution < 1.29 is 9.84 Å². The summed E-state index contributed by atoms with van der Waals surface area (Å²) in [4.78, 5) is 0. The Morgan fingerprint density at radius 2 is 1.69 bits per heavy atom. The monoisotopic (exact) mass is 226 g/mol. The third-order valence-corrected chi connectivity index (χ3v) is 4.30. The highest BCUT2D eigenvalue weighted by Gasteiger charge is 2.27. The number of aliphatic hydroxyl groups excluding tert-OH is 1. The molecule has 0 aromatic rings. The van der Waals surface area contributed by atoms with E-state index in [1.54, 1.807) is 0 Å². The lowest BCUT2D eigenvalue weighted by Crippen LogP contribution is -2.32. The molecule has 0 radical (unpaired) electrons. The van der Waals surface area contributed by atoms with Crippen molar-refractivity contribution in [2.45, 2.75) is 83.0 Å². The van der Waals surface area contributed by atoms with E-state index in [9.17, 15) is 5.11 Å². The predicted molar refractivity (Wildman–Crippen MR) is 65.4 cm³/mol. The van der Waals surface area contributed by atoms with Crippen LogP contribution in [0.4, 0.5) is 0 Å². The van der Waals surface area contributed by atoms with Crippen molar-refractivity contribution >= 4 is 0 Å². The van der Waals surface area contributed by atoms with Gasteiger partial charge in [0.15, 0.2) is 0 Å². The maximum atomic E-state index is 9.63. The van der Waals surface area contributed by atoms with Crippen LogP contribution in [0.1, 0.15) is 64.7 Å². The summed E-state index contributed by atoms with van der Waals surface area (Å²) < 4.78 is 6.17. The van der Waals surface area contributed by atoms with Gasteiger partial charge in [0.05, 0.1) is 18.3 Å². The summed E-state index contributed by atoms with van der Waals surface area (Å²) in [6.45, 7) is 2.29. The number of hydrogen-bond donors (Lipinski definition) is 1. The van der Waals surface area contributed by atoms with Crippen molar-refractivity contribution in [2.75, 3.05) is 0 Å². The first-order valence-electron chi connectivity index (χ1n) is 7.11. The van der Waals surface area contributed by atoms with Gasteiger partial charge < -0.3 is 9.84 Å². The van der Waals surface area contributed by atoms with Crippen LogP contribution in [-0.4, -0.2) is 23.4 Å². The van der Waals surface area contributed by atoms with E-state index in [0.717, 1.165) is 31.6 Å². The van der Waals surface area contributed by atoms with Crippen LogP contribution in [0.25, 0.3) is 0 Å². The molecule has 0 amide bonds. The summed E-state index contributed by atoms with van der Waals surface area (Å²) in [6.07, 6.45) is 11.4. The van der Waals surface area contributed by atoms with Crippen LogP contribution in [0.2, 0.25) is 0 Å². The highest BCUT2D eigenvalue weighted by Crippen LogP contribution is 2.31. The lowest BCUT2D eigenvalue weighted by Gasteiger charge is -2.34. The fraction of sp³-hybridized carbons (Fsp3) is 1.00. The molecule has 0 saturated heterocycles. The SMILES string of the molecule is CCC1CCCC(OC2CCCC(O)C2)C1. The summed E-state index contributed by atoms with van der Waals surface area (Å²) in [6, 6.07) is 0. The van der Waals surface area contributed by atoms with E-state index in [0.29, 0.717) is 12.2 Å². The smallest absolute Gasteiger partial charge is 0.0603 e. The van der Waals surface area contributed by atoms with E-state index < -0.39 is 0 Å². The molecule has 94 valence electrons. The molecule has 0 aromatic heterocycles. The van der Waals surface area contributed by atoms with Crippen LogP contribution >= 0.6 is 0 Å². The Hall–Kier alpha value is -0.0800. The molecule has 2 aliphatic rings. The first kappa shape index (κ1) is 12.4. The average Bonchev–Trinajstić information content (AvgIpc) is 2.29. The summed E-state index contributed by atoms with van der Waals surface area (Å²) in [7, 11) is 0. The Kier molecular flexibility index (Phi) is 4.66. The highest BCUT2D eigenvalue weighted by molar-refractivity contribution is 4.77. The van der Waals surface area contributed by atoms with Gasteiger partial charge in [-0.2, -0.15) is 0 Å². The van der Waals surface area contributed by atoms with Crippen molar-refractivity contribution in [3.63, 3.8) is 0 Å². The molecular weight excluding hydrogens is 200 g/mol. The number of rotatable bonds is 3. The zero-order valence-corrected chi connectivity index (χ0v) is 10.5. The Morgan fingerprint density at radius 3 is 2.38 bits per heavy atom. The van der Waals surface area contributed by atoms with Crippen LogP contribution in [0, 0.1) is 5.92 Å². The average molecular weight is 226 g/mol. The van der Waals surface area contributed by atoms with Crippen molar-refractivity contribution in [2.24, 2.45) is 5.92 Å². The van der Waals surface area contributed by atoms with Crippen LogP contribution in [0.15, 0.2) is 0 Å². The van der Waals surface area contributed by atoms with Crippen molar-refractivity contribution in [3.05, 3.63) is 0 Å². The fourth-order valence-electron chi connectivity index (χ4n) is 3.25. The first-order chi connectivity index (χ1) is 7.78. The zero-order chi connectivity index (χ0) is 11.4.